The van der Waals surface area contributed by atoms with Crippen molar-refractivity contribution in [3.63, 3.8) is 0 Å². The van der Waals surface area contributed by atoms with Crippen LogP contribution in [0.5, 0.6) is 0 Å². The summed E-state index contributed by atoms with van der Waals surface area (Å²) in [5.41, 5.74) is -0.142. The lowest BCUT2D eigenvalue weighted by Crippen LogP contribution is -2.71. The highest BCUT2D eigenvalue weighted by atomic mass is 16.4. The summed E-state index contributed by atoms with van der Waals surface area (Å²) in [6.45, 7) is 9.20. The highest BCUT2D eigenvalue weighted by molar-refractivity contribution is 5.68. The number of rotatable bonds is 8. The lowest BCUT2D eigenvalue weighted by atomic mass is 9.84. The number of carbonyl (C=O) groups is 1. The van der Waals surface area contributed by atoms with E-state index >= 15 is 0 Å². The van der Waals surface area contributed by atoms with Gasteiger partial charge in [-0.05, 0) is 26.3 Å². The average molecular weight is 242 g/mol. The minimum atomic E-state index is -0.684. The minimum Gasteiger partial charge on any atom is -0.481 e. The number of hydrogen-bond donors (Lipinski definition) is 2. The fraction of sp³-hybridized carbons (Fsp3) is 0.923. The Morgan fingerprint density at radius 2 is 2.12 bits per heavy atom. The minimum absolute atomic E-state index is 0.142. The summed E-state index contributed by atoms with van der Waals surface area (Å²) in [6.07, 6.45) is 3.63. The molecule has 0 aliphatic carbocycles. The van der Waals surface area contributed by atoms with Gasteiger partial charge in [-0.1, -0.05) is 20.3 Å². The van der Waals surface area contributed by atoms with Crippen molar-refractivity contribution in [3.8, 4) is 0 Å². The lowest BCUT2D eigenvalue weighted by Gasteiger charge is -2.52. The van der Waals surface area contributed by atoms with E-state index in [0.29, 0.717) is 6.04 Å². The molecular weight excluding hydrogens is 216 g/mol. The number of carboxylic acid groups (broad SMARTS) is 1. The quantitative estimate of drug-likeness (QED) is 0.680. The Balaban J connectivity index is 2.73. The first kappa shape index (κ1) is 14.5. The van der Waals surface area contributed by atoms with Gasteiger partial charge in [0, 0.05) is 19.1 Å². The summed E-state index contributed by atoms with van der Waals surface area (Å²) < 4.78 is 0. The molecule has 1 saturated heterocycles. The fourth-order valence-corrected chi connectivity index (χ4v) is 2.60. The fourth-order valence-electron chi connectivity index (χ4n) is 2.60. The molecule has 1 aliphatic heterocycles. The molecule has 4 heteroatoms. The molecule has 0 aromatic heterocycles. The highest BCUT2D eigenvalue weighted by Gasteiger charge is 2.45. The molecule has 1 atom stereocenters. The van der Waals surface area contributed by atoms with E-state index in [2.05, 4.69) is 31.0 Å². The number of unbranched alkanes of at least 4 members (excludes halogenated alkanes) is 1. The van der Waals surface area contributed by atoms with Gasteiger partial charge in [0.1, 0.15) is 0 Å². The second-order valence-corrected chi connectivity index (χ2v) is 5.20. The summed E-state index contributed by atoms with van der Waals surface area (Å²) in [5, 5.41) is 12.3. The van der Waals surface area contributed by atoms with Crippen molar-refractivity contribution < 1.29 is 9.90 Å². The van der Waals surface area contributed by atoms with Crippen LogP contribution < -0.4 is 5.32 Å². The third kappa shape index (κ3) is 3.42. The van der Waals surface area contributed by atoms with E-state index in [1.807, 2.05) is 0 Å². The summed E-state index contributed by atoms with van der Waals surface area (Å²) in [6, 6.07) is 0.461. The van der Waals surface area contributed by atoms with Crippen LogP contribution in [-0.2, 0) is 4.79 Å². The van der Waals surface area contributed by atoms with Crippen molar-refractivity contribution in [1.82, 2.24) is 10.2 Å². The second-order valence-electron chi connectivity index (χ2n) is 5.20. The number of hydrogen-bond acceptors (Lipinski definition) is 3. The number of aliphatic carboxylic acids is 1. The van der Waals surface area contributed by atoms with Gasteiger partial charge >= 0.3 is 5.97 Å². The zero-order chi connectivity index (χ0) is 12.9. The largest absolute Gasteiger partial charge is 0.481 e. The normalized spacial score (nSPS) is 20.0. The van der Waals surface area contributed by atoms with E-state index < -0.39 is 5.97 Å². The van der Waals surface area contributed by atoms with Crippen LogP contribution in [0, 0.1) is 0 Å². The maximum Gasteiger partial charge on any atom is 0.305 e. The van der Waals surface area contributed by atoms with Crippen LogP contribution in [0.1, 0.15) is 46.5 Å². The van der Waals surface area contributed by atoms with Crippen LogP contribution in [0.2, 0.25) is 0 Å². The first-order valence-electron chi connectivity index (χ1n) is 6.75. The van der Waals surface area contributed by atoms with Crippen molar-refractivity contribution in [1.29, 1.82) is 0 Å². The molecule has 17 heavy (non-hydrogen) atoms. The van der Waals surface area contributed by atoms with Gasteiger partial charge in [0.2, 0.25) is 0 Å². The molecule has 0 spiro atoms. The maximum atomic E-state index is 11.0. The molecule has 0 amide bonds. The molecule has 0 radical (unpaired) electrons. The van der Waals surface area contributed by atoms with E-state index in [-0.39, 0.29) is 12.0 Å². The number of carboxylic acids is 1. The zero-order valence-corrected chi connectivity index (χ0v) is 11.3. The molecule has 0 saturated carbocycles. The molecule has 1 unspecified atom stereocenters. The predicted octanol–water partition coefficient (Wildman–Crippen LogP) is 1.70. The lowest BCUT2D eigenvalue weighted by molar-refractivity contribution is -0.142. The van der Waals surface area contributed by atoms with Crippen LogP contribution in [-0.4, -0.2) is 47.2 Å². The molecule has 0 aromatic rings. The van der Waals surface area contributed by atoms with E-state index in [9.17, 15) is 4.79 Å². The Kier molecular flexibility index (Phi) is 5.40. The van der Waals surface area contributed by atoms with Crippen molar-refractivity contribution >= 4 is 5.97 Å². The smallest absolute Gasteiger partial charge is 0.305 e. The zero-order valence-electron chi connectivity index (χ0n) is 11.3. The Bertz CT molecular complexity index is 252. The summed E-state index contributed by atoms with van der Waals surface area (Å²) >= 11 is 0. The number of nitrogens with one attached hydrogen (secondary N) is 1. The van der Waals surface area contributed by atoms with Crippen molar-refractivity contribution in [2.75, 3.05) is 19.6 Å². The first-order valence-corrected chi connectivity index (χ1v) is 6.75. The monoisotopic (exact) mass is 242 g/mol. The van der Waals surface area contributed by atoms with E-state index in [1.54, 1.807) is 0 Å². The van der Waals surface area contributed by atoms with E-state index in [0.717, 1.165) is 38.9 Å². The van der Waals surface area contributed by atoms with Gasteiger partial charge in [0.05, 0.1) is 12.0 Å². The average Bonchev–Trinajstić information content (AvgIpc) is 2.24. The highest BCUT2D eigenvalue weighted by Crippen LogP contribution is 2.28. The third-order valence-corrected chi connectivity index (χ3v) is 3.87. The van der Waals surface area contributed by atoms with Crippen molar-refractivity contribution in [2.45, 2.75) is 58.0 Å². The van der Waals surface area contributed by atoms with Gasteiger partial charge in [-0.15, -0.1) is 0 Å². The molecule has 1 rings (SSSR count). The van der Waals surface area contributed by atoms with Crippen molar-refractivity contribution in [3.05, 3.63) is 0 Å². The topological polar surface area (TPSA) is 52.6 Å². The molecule has 1 heterocycles. The van der Waals surface area contributed by atoms with Gasteiger partial charge in [-0.3, -0.25) is 9.69 Å². The van der Waals surface area contributed by atoms with E-state index in [1.165, 1.54) is 0 Å². The third-order valence-electron chi connectivity index (χ3n) is 3.87. The van der Waals surface area contributed by atoms with Crippen LogP contribution in [0.4, 0.5) is 0 Å². The molecule has 2 N–H and O–H groups in total. The molecule has 4 nitrogen and oxygen atoms in total. The van der Waals surface area contributed by atoms with Crippen LogP contribution in [0.3, 0.4) is 0 Å². The Labute approximate surface area is 104 Å². The SMILES string of the molecule is CCCCN(C(C)CC)C1(CC(=O)O)CNC1. The van der Waals surface area contributed by atoms with Crippen LogP contribution in [0.25, 0.3) is 0 Å². The van der Waals surface area contributed by atoms with Gasteiger partial charge in [0.25, 0.3) is 0 Å². The predicted molar refractivity (Wildman–Crippen MR) is 69.2 cm³/mol. The van der Waals surface area contributed by atoms with Crippen LogP contribution in [0.15, 0.2) is 0 Å². The summed E-state index contributed by atoms with van der Waals surface area (Å²) in [4.78, 5) is 13.5. The number of nitrogens with zero attached hydrogens (tertiary/aromatic N) is 1. The maximum absolute atomic E-state index is 11.0. The molecule has 1 aliphatic rings. The second kappa shape index (κ2) is 6.36. The molecular formula is C13H26N2O2. The van der Waals surface area contributed by atoms with Crippen LogP contribution >= 0.6 is 0 Å². The van der Waals surface area contributed by atoms with Gasteiger partial charge in [-0.2, -0.15) is 0 Å². The molecule has 1 fully saturated rings. The summed E-state index contributed by atoms with van der Waals surface area (Å²) in [7, 11) is 0. The Hall–Kier alpha value is -0.610. The van der Waals surface area contributed by atoms with Gasteiger partial charge in [-0.25, -0.2) is 0 Å². The summed E-state index contributed by atoms with van der Waals surface area (Å²) in [5.74, 6) is -0.684. The molecule has 0 bridgehead atoms. The van der Waals surface area contributed by atoms with Crippen molar-refractivity contribution in [2.24, 2.45) is 0 Å². The Morgan fingerprint density at radius 3 is 2.47 bits per heavy atom. The Morgan fingerprint density at radius 1 is 1.47 bits per heavy atom. The van der Waals surface area contributed by atoms with Gasteiger partial charge < -0.3 is 10.4 Å². The standard InChI is InChI=1S/C13H26N2O2/c1-4-6-7-15(11(3)5-2)13(8-12(16)17)9-14-10-13/h11,14H,4-10H2,1-3H3,(H,16,17). The first-order chi connectivity index (χ1) is 8.05. The van der Waals surface area contributed by atoms with E-state index in [4.69, 9.17) is 5.11 Å². The molecule has 0 aromatic carbocycles. The van der Waals surface area contributed by atoms with Gasteiger partial charge in [0.15, 0.2) is 0 Å². The molecule has 100 valence electrons.